The van der Waals surface area contributed by atoms with Crippen molar-refractivity contribution in [1.29, 1.82) is 0 Å². The molecule has 1 atom stereocenters. The van der Waals surface area contributed by atoms with Crippen LogP contribution in [-0.4, -0.2) is 35.0 Å². The number of benzene rings is 1. The van der Waals surface area contributed by atoms with E-state index in [4.69, 9.17) is 9.47 Å². The number of aromatic nitrogens is 2. The Hall–Kier alpha value is -2.60. The summed E-state index contributed by atoms with van der Waals surface area (Å²) in [6, 6.07) is -0.108. The van der Waals surface area contributed by atoms with E-state index in [1.807, 2.05) is 0 Å². The van der Waals surface area contributed by atoms with Crippen molar-refractivity contribution in [2.45, 2.75) is 45.1 Å². The van der Waals surface area contributed by atoms with Gasteiger partial charge in [-0.05, 0) is 57.8 Å². The van der Waals surface area contributed by atoms with Crippen molar-refractivity contribution in [3.63, 3.8) is 0 Å². The highest BCUT2D eigenvalue weighted by atomic mass is 79.9. The average molecular weight is 719 g/mol. The maximum absolute atomic E-state index is 13.9. The van der Waals surface area contributed by atoms with Crippen LogP contribution in [-0.2, 0) is 39.3 Å². The predicted octanol–water partition coefficient (Wildman–Crippen LogP) is 7.07. The van der Waals surface area contributed by atoms with Gasteiger partial charge in [0.05, 0.1) is 27.9 Å². The zero-order valence-electron chi connectivity index (χ0n) is 20.3. The second kappa shape index (κ2) is 12.5. The van der Waals surface area contributed by atoms with Crippen molar-refractivity contribution >= 4 is 49.5 Å². The molecule has 2 rings (SSSR count). The fraction of sp³-hybridized carbons (Fsp3) is 0.409. The Labute approximate surface area is 236 Å². The number of esters is 1. The molecule has 0 spiro atoms. The van der Waals surface area contributed by atoms with Gasteiger partial charge in [-0.2, -0.15) is 39.5 Å². The molecule has 0 N–H and O–H groups in total. The number of ether oxygens (including phenoxy) is 2. The number of carbonyl (C=O) groups is 1. The van der Waals surface area contributed by atoms with Crippen LogP contribution in [0.5, 0.6) is 0 Å². The van der Waals surface area contributed by atoms with Crippen molar-refractivity contribution in [3.05, 3.63) is 60.9 Å². The molecule has 0 aliphatic carbocycles. The van der Waals surface area contributed by atoms with E-state index < -0.39 is 86.8 Å². The van der Waals surface area contributed by atoms with Crippen molar-refractivity contribution in [3.8, 4) is 0 Å². The summed E-state index contributed by atoms with van der Waals surface area (Å²) in [5, 5.41) is 0. The number of rotatable bonds is 9. The minimum absolute atomic E-state index is 0.129. The Morgan fingerprint density at radius 2 is 1.62 bits per heavy atom. The molecular formula is C22H18Br2F9N3O4. The van der Waals surface area contributed by atoms with Crippen LogP contribution in [0.3, 0.4) is 0 Å². The van der Waals surface area contributed by atoms with Gasteiger partial charge in [-0.1, -0.05) is 6.08 Å². The summed E-state index contributed by atoms with van der Waals surface area (Å²) in [7, 11) is 0. The van der Waals surface area contributed by atoms with Gasteiger partial charge in [0, 0.05) is 13.2 Å². The lowest BCUT2D eigenvalue weighted by Gasteiger charge is -2.34. The van der Waals surface area contributed by atoms with Crippen molar-refractivity contribution in [1.82, 2.24) is 9.55 Å². The number of carbonyl (C=O) groups excluding carboxylic acids is 1. The van der Waals surface area contributed by atoms with E-state index in [1.54, 1.807) is 0 Å². The van der Waals surface area contributed by atoms with E-state index in [-0.39, 0.29) is 23.6 Å². The number of alkyl halides is 9. The van der Waals surface area contributed by atoms with Crippen LogP contribution in [0.1, 0.15) is 30.7 Å². The van der Waals surface area contributed by atoms with Gasteiger partial charge in [0.25, 0.3) is 5.56 Å². The summed E-state index contributed by atoms with van der Waals surface area (Å²) in [4.78, 5) is 29.4. The van der Waals surface area contributed by atoms with Crippen LogP contribution in [0.4, 0.5) is 51.1 Å². The van der Waals surface area contributed by atoms with Crippen LogP contribution in [0.15, 0.2) is 38.5 Å². The van der Waals surface area contributed by atoms with Crippen LogP contribution in [0.2, 0.25) is 0 Å². The lowest BCUT2D eigenvalue weighted by atomic mass is 10.1. The van der Waals surface area contributed by atoms with Gasteiger partial charge in [-0.3, -0.25) is 14.3 Å². The van der Waals surface area contributed by atoms with E-state index in [9.17, 15) is 49.1 Å². The maximum Gasteiger partial charge on any atom is 0.434 e. The minimum atomic E-state index is -5.42. The zero-order chi connectivity index (χ0) is 30.8. The zero-order valence-corrected chi connectivity index (χ0v) is 23.4. The Balaban J connectivity index is 3.25. The topological polar surface area (TPSA) is 73.7 Å². The second-order valence-corrected chi connectivity index (χ2v) is 9.14. The summed E-state index contributed by atoms with van der Waals surface area (Å²) in [5.74, 6) is -2.61. The van der Waals surface area contributed by atoms with Crippen LogP contribution in [0.25, 0.3) is 0 Å². The van der Waals surface area contributed by atoms with Gasteiger partial charge < -0.3 is 9.47 Å². The summed E-state index contributed by atoms with van der Waals surface area (Å²) in [6.07, 6.45) is -17.5. The normalized spacial score (nSPS) is 13.2. The first-order valence-corrected chi connectivity index (χ1v) is 12.4. The SMILES string of the molecule is C=CCn1c(N(c2cc(C(F)(F)F)cc(C(F)(F)F)c2Br)C(OCC)C(=O)OCC)nc(C(F)(F)F)c(Br)c1=O. The first kappa shape index (κ1) is 33.6. The average Bonchev–Trinajstić information content (AvgIpc) is 2.81. The Kier molecular flexibility index (Phi) is 10.5. The molecule has 1 aromatic heterocycles. The third kappa shape index (κ3) is 7.18. The monoisotopic (exact) mass is 717 g/mol. The molecule has 0 aliphatic heterocycles. The number of hydrogen-bond acceptors (Lipinski definition) is 6. The number of hydrogen-bond donors (Lipinski definition) is 0. The smallest absolute Gasteiger partial charge is 0.434 e. The van der Waals surface area contributed by atoms with E-state index >= 15 is 0 Å². The highest BCUT2D eigenvalue weighted by Crippen LogP contribution is 2.46. The van der Waals surface area contributed by atoms with E-state index in [0.29, 0.717) is 4.57 Å². The van der Waals surface area contributed by atoms with E-state index in [0.717, 1.165) is 6.08 Å². The molecule has 7 nitrogen and oxygen atoms in total. The summed E-state index contributed by atoms with van der Waals surface area (Å²) >= 11 is 5.06. The Bertz CT molecular complexity index is 1330. The molecule has 0 saturated carbocycles. The van der Waals surface area contributed by atoms with Gasteiger partial charge in [0.2, 0.25) is 12.2 Å². The lowest BCUT2D eigenvalue weighted by molar-refractivity contribution is -0.155. The van der Waals surface area contributed by atoms with Gasteiger partial charge in [0.1, 0.15) is 4.47 Å². The highest BCUT2D eigenvalue weighted by molar-refractivity contribution is 9.11. The number of allylic oxidation sites excluding steroid dienone is 1. The predicted molar refractivity (Wildman–Crippen MR) is 130 cm³/mol. The number of anilines is 2. The molecule has 222 valence electrons. The maximum atomic E-state index is 13.9. The molecule has 0 aliphatic rings. The first-order valence-electron chi connectivity index (χ1n) is 10.8. The van der Waals surface area contributed by atoms with Crippen molar-refractivity contribution < 1.29 is 53.8 Å². The van der Waals surface area contributed by atoms with Gasteiger partial charge in [-0.25, -0.2) is 9.78 Å². The molecular weight excluding hydrogens is 701 g/mol. The fourth-order valence-corrected chi connectivity index (χ4v) is 4.47. The molecule has 0 radical (unpaired) electrons. The molecule has 1 aromatic carbocycles. The highest BCUT2D eigenvalue weighted by Gasteiger charge is 2.44. The number of halogens is 11. The van der Waals surface area contributed by atoms with Crippen LogP contribution >= 0.6 is 31.9 Å². The first-order chi connectivity index (χ1) is 18.3. The lowest BCUT2D eigenvalue weighted by Crippen LogP contribution is -2.45. The van der Waals surface area contributed by atoms with Gasteiger partial charge in [-0.15, -0.1) is 6.58 Å². The molecule has 0 bridgehead atoms. The summed E-state index contributed by atoms with van der Waals surface area (Å²) in [6.45, 7) is 4.50. The molecule has 1 unspecified atom stereocenters. The number of nitrogens with zero attached hydrogens (tertiary/aromatic N) is 3. The minimum Gasteiger partial charge on any atom is -0.463 e. The summed E-state index contributed by atoms with van der Waals surface area (Å²) < 4.78 is 133. The van der Waals surface area contributed by atoms with E-state index in [1.165, 1.54) is 13.8 Å². The summed E-state index contributed by atoms with van der Waals surface area (Å²) in [5.41, 5.74) is -8.26. The molecule has 0 amide bonds. The molecule has 18 heteroatoms. The standard InChI is InChI=1S/C22H18Br2F9N3O4/c1-4-7-35-16(37)14(24)15(22(31,32)33)34-19(35)36(17(39-5-2)18(38)40-6-3)12-9-10(20(25,26)27)8-11(13(12)23)21(28,29)30/h4,8-9,17H,1,5-7H2,2-3H3. The van der Waals surface area contributed by atoms with Crippen molar-refractivity contribution in [2.24, 2.45) is 0 Å². The molecule has 0 fully saturated rings. The quantitative estimate of drug-likeness (QED) is 0.120. The van der Waals surface area contributed by atoms with Crippen LogP contribution in [0, 0.1) is 0 Å². The Morgan fingerprint density at radius 1 is 1.02 bits per heavy atom. The van der Waals surface area contributed by atoms with Crippen LogP contribution < -0.4 is 10.5 Å². The fourth-order valence-electron chi connectivity index (χ4n) is 3.30. The van der Waals surface area contributed by atoms with Gasteiger partial charge in [0.15, 0.2) is 5.69 Å². The molecule has 2 aromatic rings. The molecule has 40 heavy (non-hydrogen) atoms. The Morgan fingerprint density at radius 3 is 2.08 bits per heavy atom. The largest absolute Gasteiger partial charge is 0.463 e. The van der Waals surface area contributed by atoms with Gasteiger partial charge >= 0.3 is 24.5 Å². The second-order valence-electron chi connectivity index (χ2n) is 7.56. The third-order valence-electron chi connectivity index (χ3n) is 4.88. The molecule has 0 saturated heterocycles. The third-order valence-corrected chi connectivity index (χ3v) is 6.43. The van der Waals surface area contributed by atoms with Crippen molar-refractivity contribution in [2.75, 3.05) is 18.1 Å². The van der Waals surface area contributed by atoms with E-state index in [2.05, 4.69) is 43.4 Å². The molecule has 1 heterocycles.